The summed E-state index contributed by atoms with van der Waals surface area (Å²) in [6, 6.07) is 0. The lowest BCUT2D eigenvalue weighted by atomic mass is 9.99. The fourth-order valence-electron chi connectivity index (χ4n) is 1.61. The summed E-state index contributed by atoms with van der Waals surface area (Å²) in [5.41, 5.74) is 4.64. The van der Waals surface area contributed by atoms with Crippen molar-refractivity contribution < 1.29 is 9.47 Å². The number of rotatable bonds is 10. The highest BCUT2D eigenvalue weighted by atomic mass is 16.5. The van der Waals surface area contributed by atoms with Crippen molar-refractivity contribution in [1.82, 2.24) is 0 Å². The summed E-state index contributed by atoms with van der Waals surface area (Å²) in [5.74, 6) is 0.740. The van der Waals surface area contributed by atoms with E-state index in [-0.39, 0.29) is 0 Å². The zero-order valence-electron chi connectivity index (χ0n) is 13.9. The molecule has 0 amide bonds. The molecule has 0 spiro atoms. The number of ether oxygens (including phenoxy) is 2. The molecule has 2 heteroatoms. The van der Waals surface area contributed by atoms with Gasteiger partial charge in [0.15, 0.2) is 0 Å². The van der Waals surface area contributed by atoms with Gasteiger partial charge in [0.05, 0.1) is 6.61 Å². The molecule has 0 N–H and O–H groups in total. The molecule has 0 aliphatic heterocycles. The standard InChI is InChI=1S/C19H28O2/c1-9-15(4)19(21-11-10-20-8)13-17(6)18(7)16(5)12-14(2)3/h12-13H,2,4,6-7,9-11H2,1,3,5,8H3/b16-12-,19-13+. The molecule has 0 radical (unpaired) electrons. The number of allylic oxidation sites excluding steroid dienone is 7. The summed E-state index contributed by atoms with van der Waals surface area (Å²) < 4.78 is 10.7. The van der Waals surface area contributed by atoms with Crippen molar-refractivity contribution >= 4 is 0 Å². The Hall–Kier alpha value is -1.80. The minimum Gasteiger partial charge on any atom is -0.491 e. The molecule has 0 rings (SSSR count). The first-order valence-corrected chi connectivity index (χ1v) is 7.07. The normalized spacial score (nSPS) is 12.0. The number of hydrogen-bond acceptors (Lipinski definition) is 2. The van der Waals surface area contributed by atoms with Crippen LogP contribution in [0.4, 0.5) is 0 Å². The maximum Gasteiger partial charge on any atom is 0.122 e. The Bertz CT molecular complexity index is 476. The third kappa shape index (κ3) is 7.52. The molecule has 0 saturated heterocycles. The van der Waals surface area contributed by atoms with Crippen LogP contribution in [0.5, 0.6) is 0 Å². The average molecular weight is 288 g/mol. The quantitative estimate of drug-likeness (QED) is 0.315. The number of methoxy groups -OCH3 is 1. The molecule has 0 aliphatic rings. The Morgan fingerprint density at radius 3 is 2.10 bits per heavy atom. The fourth-order valence-corrected chi connectivity index (χ4v) is 1.61. The van der Waals surface area contributed by atoms with E-state index in [0.717, 1.165) is 40.0 Å². The molecule has 0 aromatic rings. The highest BCUT2D eigenvalue weighted by Gasteiger charge is 2.06. The molecule has 0 aromatic carbocycles. The Morgan fingerprint density at radius 1 is 1.00 bits per heavy atom. The lowest BCUT2D eigenvalue weighted by molar-refractivity contribution is 0.112. The predicted molar refractivity (Wildman–Crippen MR) is 92.2 cm³/mol. The summed E-state index contributed by atoms with van der Waals surface area (Å²) in [4.78, 5) is 0. The van der Waals surface area contributed by atoms with Gasteiger partial charge in [0.25, 0.3) is 0 Å². The molecule has 0 bridgehead atoms. The smallest absolute Gasteiger partial charge is 0.122 e. The van der Waals surface area contributed by atoms with Gasteiger partial charge in [-0.25, -0.2) is 0 Å². The Labute approximate surface area is 129 Å². The van der Waals surface area contributed by atoms with Crippen molar-refractivity contribution in [3.8, 4) is 0 Å². The van der Waals surface area contributed by atoms with Gasteiger partial charge in [-0.05, 0) is 48.6 Å². The van der Waals surface area contributed by atoms with Gasteiger partial charge in [-0.2, -0.15) is 0 Å². The highest BCUT2D eigenvalue weighted by molar-refractivity contribution is 5.51. The van der Waals surface area contributed by atoms with Gasteiger partial charge in [0.2, 0.25) is 0 Å². The largest absolute Gasteiger partial charge is 0.491 e. The van der Waals surface area contributed by atoms with Gasteiger partial charge in [-0.1, -0.05) is 44.9 Å². The molecule has 0 aromatic heterocycles. The van der Waals surface area contributed by atoms with Gasteiger partial charge < -0.3 is 9.47 Å². The van der Waals surface area contributed by atoms with Crippen molar-refractivity contribution in [3.05, 3.63) is 72.1 Å². The molecule has 0 saturated carbocycles. The van der Waals surface area contributed by atoms with Crippen LogP contribution in [-0.2, 0) is 9.47 Å². The van der Waals surface area contributed by atoms with Gasteiger partial charge in [0.1, 0.15) is 12.4 Å². The van der Waals surface area contributed by atoms with Gasteiger partial charge >= 0.3 is 0 Å². The van der Waals surface area contributed by atoms with Gasteiger partial charge in [-0.3, -0.25) is 0 Å². The summed E-state index contributed by atoms with van der Waals surface area (Å²) in [6.07, 6.45) is 4.69. The van der Waals surface area contributed by atoms with Crippen LogP contribution in [0.15, 0.2) is 72.1 Å². The minimum atomic E-state index is 0.488. The first-order valence-electron chi connectivity index (χ1n) is 7.07. The molecule has 0 aliphatic carbocycles. The zero-order valence-corrected chi connectivity index (χ0v) is 13.9. The molecule has 0 fully saturated rings. The van der Waals surface area contributed by atoms with E-state index < -0.39 is 0 Å². The monoisotopic (exact) mass is 288 g/mol. The van der Waals surface area contributed by atoms with Crippen molar-refractivity contribution in [2.75, 3.05) is 20.3 Å². The van der Waals surface area contributed by atoms with Crippen LogP contribution in [0.3, 0.4) is 0 Å². The summed E-state index contributed by atoms with van der Waals surface area (Å²) in [5, 5.41) is 0. The fraction of sp³-hybridized carbons (Fsp3) is 0.368. The van der Waals surface area contributed by atoms with E-state index in [1.807, 2.05) is 32.9 Å². The lowest BCUT2D eigenvalue weighted by Gasteiger charge is -2.14. The molecule has 2 nitrogen and oxygen atoms in total. The van der Waals surface area contributed by atoms with E-state index in [0.29, 0.717) is 13.2 Å². The summed E-state index contributed by atoms with van der Waals surface area (Å²) in [7, 11) is 1.65. The Morgan fingerprint density at radius 2 is 1.62 bits per heavy atom. The predicted octanol–water partition coefficient (Wildman–Crippen LogP) is 5.13. The van der Waals surface area contributed by atoms with E-state index >= 15 is 0 Å². The zero-order chi connectivity index (χ0) is 16.4. The van der Waals surface area contributed by atoms with Crippen LogP contribution in [0.2, 0.25) is 0 Å². The second-order valence-electron chi connectivity index (χ2n) is 4.98. The van der Waals surface area contributed by atoms with E-state index in [1.165, 1.54) is 0 Å². The van der Waals surface area contributed by atoms with E-state index in [2.05, 4.69) is 26.3 Å². The SMILES string of the molecule is C=C(C)/C=C(/C)C(=C)C(=C)/C=C(/OCCOC)C(=C)CC. The summed E-state index contributed by atoms with van der Waals surface area (Å²) >= 11 is 0. The third-order valence-corrected chi connectivity index (χ3v) is 2.95. The van der Waals surface area contributed by atoms with E-state index in [1.54, 1.807) is 7.11 Å². The maximum absolute atomic E-state index is 5.71. The van der Waals surface area contributed by atoms with Crippen LogP contribution in [0.25, 0.3) is 0 Å². The summed E-state index contributed by atoms with van der Waals surface area (Å²) in [6.45, 7) is 23.1. The molecule has 116 valence electrons. The highest BCUT2D eigenvalue weighted by Crippen LogP contribution is 2.22. The first-order chi connectivity index (χ1) is 9.83. The Kier molecular flexibility index (Phi) is 9.15. The van der Waals surface area contributed by atoms with Crippen molar-refractivity contribution in [1.29, 1.82) is 0 Å². The lowest BCUT2D eigenvalue weighted by Crippen LogP contribution is -2.04. The maximum atomic E-state index is 5.71. The van der Waals surface area contributed by atoms with E-state index in [9.17, 15) is 0 Å². The van der Waals surface area contributed by atoms with Crippen LogP contribution >= 0.6 is 0 Å². The van der Waals surface area contributed by atoms with Crippen LogP contribution in [0.1, 0.15) is 27.2 Å². The second-order valence-corrected chi connectivity index (χ2v) is 4.98. The molecular weight excluding hydrogens is 260 g/mol. The molecular formula is C19H28O2. The topological polar surface area (TPSA) is 18.5 Å². The minimum absolute atomic E-state index is 0.488. The van der Waals surface area contributed by atoms with Crippen LogP contribution in [-0.4, -0.2) is 20.3 Å². The van der Waals surface area contributed by atoms with Crippen molar-refractivity contribution in [2.45, 2.75) is 27.2 Å². The average Bonchev–Trinajstić information content (AvgIpc) is 2.43. The number of hydrogen-bond donors (Lipinski definition) is 0. The molecule has 0 unspecified atom stereocenters. The molecule has 21 heavy (non-hydrogen) atoms. The Balaban J connectivity index is 5.08. The van der Waals surface area contributed by atoms with Crippen LogP contribution < -0.4 is 0 Å². The van der Waals surface area contributed by atoms with E-state index in [4.69, 9.17) is 9.47 Å². The van der Waals surface area contributed by atoms with Crippen molar-refractivity contribution in [2.24, 2.45) is 0 Å². The second kappa shape index (κ2) is 10.0. The molecule has 0 heterocycles. The van der Waals surface area contributed by atoms with Crippen molar-refractivity contribution in [3.63, 3.8) is 0 Å². The molecule has 0 atom stereocenters. The van der Waals surface area contributed by atoms with Crippen LogP contribution in [0, 0.1) is 0 Å². The van der Waals surface area contributed by atoms with Gasteiger partial charge in [-0.15, -0.1) is 0 Å². The van der Waals surface area contributed by atoms with Gasteiger partial charge in [0, 0.05) is 7.11 Å². The third-order valence-electron chi connectivity index (χ3n) is 2.95. The first kappa shape index (κ1) is 19.2.